The highest BCUT2D eigenvalue weighted by Gasteiger charge is 2.19. The van der Waals surface area contributed by atoms with Crippen LogP contribution in [-0.4, -0.2) is 18.1 Å². The van der Waals surface area contributed by atoms with Gasteiger partial charge in [-0.15, -0.1) is 0 Å². The maximum absolute atomic E-state index is 12.0. The molecule has 0 aliphatic rings. The highest BCUT2D eigenvalue weighted by Crippen LogP contribution is 2.14. The van der Waals surface area contributed by atoms with E-state index in [1.54, 1.807) is 12.1 Å². The lowest BCUT2D eigenvalue weighted by molar-refractivity contribution is 0.00693. The minimum Gasteiger partial charge on any atom is -0.456 e. The zero-order valence-electron chi connectivity index (χ0n) is 11.1. The lowest BCUT2D eigenvalue weighted by Gasteiger charge is -2.19. The largest absolute Gasteiger partial charge is 0.456 e. The van der Waals surface area contributed by atoms with Crippen LogP contribution in [-0.2, 0) is 4.74 Å². The Morgan fingerprint density at radius 2 is 2.00 bits per heavy atom. The Morgan fingerprint density at radius 1 is 1.33 bits per heavy atom. The predicted molar refractivity (Wildman–Crippen MR) is 72.2 cm³/mol. The molecule has 3 heteroatoms. The average molecular weight is 245 g/mol. The van der Waals surface area contributed by atoms with E-state index in [9.17, 15) is 4.79 Å². The molecule has 0 heterocycles. The predicted octanol–water partition coefficient (Wildman–Crippen LogP) is 2.34. The minimum absolute atomic E-state index is 0.347. The second-order valence-corrected chi connectivity index (χ2v) is 4.89. The molecule has 0 aliphatic heterocycles. The molecule has 0 fully saturated rings. The fourth-order valence-corrected chi connectivity index (χ4v) is 1.33. The summed E-state index contributed by atoms with van der Waals surface area (Å²) in [6, 6.07) is 7.18. The van der Waals surface area contributed by atoms with E-state index in [-0.39, 0.29) is 5.97 Å². The first-order chi connectivity index (χ1) is 8.44. The second kappa shape index (κ2) is 6.23. The number of nitrogens with two attached hydrogens (primary N) is 1. The van der Waals surface area contributed by atoms with Crippen LogP contribution in [0.2, 0.25) is 0 Å². The van der Waals surface area contributed by atoms with Gasteiger partial charge in [-0.1, -0.05) is 24.0 Å². The summed E-state index contributed by atoms with van der Waals surface area (Å²) in [5.41, 5.74) is 6.05. The van der Waals surface area contributed by atoms with Gasteiger partial charge in [-0.05, 0) is 32.9 Å². The Morgan fingerprint density at radius 3 is 2.61 bits per heavy atom. The molecule has 0 aromatic heterocycles. The Labute approximate surface area is 108 Å². The van der Waals surface area contributed by atoms with Crippen molar-refractivity contribution in [3.63, 3.8) is 0 Å². The van der Waals surface area contributed by atoms with Gasteiger partial charge in [0.1, 0.15) is 5.60 Å². The molecule has 1 rings (SSSR count). The van der Waals surface area contributed by atoms with Gasteiger partial charge in [0.15, 0.2) is 0 Å². The summed E-state index contributed by atoms with van der Waals surface area (Å²) in [6.45, 7) is 6.04. The SMILES string of the molecule is CC(C)(C)OC(=O)c1ccccc1C#CCCN. The third-order valence-electron chi connectivity index (χ3n) is 2.04. The molecule has 2 N–H and O–H groups in total. The number of ether oxygens (including phenoxy) is 1. The number of carbonyl (C=O) groups excluding carboxylic acids is 1. The van der Waals surface area contributed by atoms with Crippen molar-refractivity contribution < 1.29 is 9.53 Å². The van der Waals surface area contributed by atoms with Crippen molar-refractivity contribution in [1.29, 1.82) is 0 Å². The van der Waals surface area contributed by atoms with E-state index in [1.165, 1.54) is 0 Å². The molecule has 96 valence electrons. The minimum atomic E-state index is -0.505. The molecular weight excluding hydrogens is 226 g/mol. The second-order valence-electron chi connectivity index (χ2n) is 4.89. The van der Waals surface area contributed by atoms with Crippen molar-refractivity contribution in [2.24, 2.45) is 5.73 Å². The van der Waals surface area contributed by atoms with Gasteiger partial charge in [0, 0.05) is 18.5 Å². The van der Waals surface area contributed by atoms with Crippen molar-refractivity contribution in [1.82, 2.24) is 0 Å². The summed E-state index contributed by atoms with van der Waals surface area (Å²) in [4.78, 5) is 12.0. The molecule has 1 aromatic carbocycles. The van der Waals surface area contributed by atoms with E-state index >= 15 is 0 Å². The first-order valence-corrected chi connectivity index (χ1v) is 5.95. The van der Waals surface area contributed by atoms with Crippen LogP contribution < -0.4 is 5.73 Å². The highest BCUT2D eigenvalue weighted by molar-refractivity contribution is 5.92. The topological polar surface area (TPSA) is 52.3 Å². The lowest BCUT2D eigenvalue weighted by Crippen LogP contribution is -2.24. The average Bonchev–Trinajstić information content (AvgIpc) is 2.27. The highest BCUT2D eigenvalue weighted by atomic mass is 16.6. The standard InChI is InChI=1S/C15H19NO2/c1-15(2,3)18-14(17)13-10-5-4-8-12(13)9-6-7-11-16/h4-5,8,10H,7,11,16H2,1-3H3. The summed E-state index contributed by atoms with van der Waals surface area (Å²) < 4.78 is 5.34. The van der Waals surface area contributed by atoms with Gasteiger partial charge < -0.3 is 10.5 Å². The van der Waals surface area contributed by atoms with E-state index in [4.69, 9.17) is 10.5 Å². The molecule has 3 nitrogen and oxygen atoms in total. The number of carbonyl (C=O) groups is 1. The van der Waals surface area contributed by atoms with E-state index in [0.717, 1.165) is 0 Å². The summed E-state index contributed by atoms with van der Waals surface area (Å²) >= 11 is 0. The normalized spacial score (nSPS) is 10.4. The van der Waals surface area contributed by atoms with Gasteiger partial charge in [0.25, 0.3) is 0 Å². The molecule has 0 bridgehead atoms. The molecule has 0 saturated heterocycles. The van der Waals surface area contributed by atoms with Crippen molar-refractivity contribution >= 4 is 5.97 Å². The molecular formula is C15H19NO2. The smallest absolute Gasteiger partial charge is 0.339 e. The van der Waals surface area contributed by atoms with Crippen molar-refractivity contribution in [2.45, 2.75) is 32.8 Å². The number of rotatable bonds is 2. The van der Waals surface area contributed by atoms with Crippen LogP contribution in [0.1, 0.15) is 43.1 Å². The van der Waals surface area contributed by atoms with Crippen molar-refractivity contribution in [3.8, 4) is 11.8 Å². The van der Waals surface area contributed by atoms with Gasteiger partial charge in [-0.25, -0.2) is 4.79 Å². The van der Waals surface area contributed by atoms with Crippen LogP contribution in [0.3, 0.4) is 0 Å². The van der Waals surface area contributed by atoms with E-state index < -0.39 is 5.60 Å². The Bertz CT molecular complexity index is 475. The first-order valence-electron chi connectivity index (χ1n) is 5.95. The third-order valence-corrected chi connectivity index (χ3v) is 2.04. The molecule has 18 heavy (non-hydrogen) atoms. The number of esters is 1. The van der Waals surface area contributed by atoms with Gasteiger partial charge in [-0.2, -0.15) is 0 Å². The summed E-state index contributed by atoms with van der Waals surface area (Å²) in [5, 5.41) is 0. The zero-order valence-corrected chi connectivity index (χ0v) is 11.1. The zero-order chi connectivity index (χ0) is 13.6. The van der Waals surface area contributed by atoms with Gasteiger partial charge in [-0.3, -0.25) is 0 Å². The van der Waals surface area contributed by atoms with Crippen LogP contribution in [0.15, 0.2) is 24.3 Å². The number of benzene rings is 1. The van der Waals surface area contributed by atoms with Crippen LogP contribution in [0.25, 0.3) is 0 Å². The molecule has 0 saturated carbocycles. The Balaban J connectivity index is 2.96. The summed E-state index contributed by atoms with van der Waals surface area (Å²) in [5.74, 6) is 5.53. The van der Waals surface area contributed by atoms with Gasteiger partial charge in [0.05, 0.1) is 5.56 Å². The van der Waals surface area contributed by atoms with Crippen LogP contribution in [0, 0.1) is 11.8 Å². The van der Waals surface area contributed by atoms with E-state index in [0.29, 0.717) is 24.1 Å². The molecule has 0 aliphatic carbocycles. The Kier molecular flexibility index (Phi) is 4.94. The van der Waals surface area contributed by atoms with E-state index in [1.807, 2.05) is 32.9 Å². The first kappa shape index (κ1) is 14.3. The fraction of sp³-hybridized carbons (Fsp3) is 0.400. The van der Waals surface area contributed by atoms with Gasteiger partial charge >= 0.3 is 5.97 Å². The van der Waals surface area contributed by atoms with Crippen LogP contribution in [0.4, 0.5) is 0 Å². The van der Waals surface area contributed by atoms with Crippen molar-refractivity contribution in [2.75, 3.05) is 6.54 Å². The molecule has 0 unspecified atom stereocenters. The maximum Gasteiger partial charge on any atom is 0.339 e. The quantitative estimate of drug-likeness (QED) is 0.642. The Hall–Kier alpha value is -1.79. The monoisotopic (exact) mass is 245 g/mol. The summed E-state index contributed by atoms with van der Waals surface area (Å²) in [7, 11) is 0. The van der Waals surface area contributed by atoms with E-state index in [2.05, 4.69) is 11.8 Å². The van der Waals surface area contributed by atoms with Crippen molar-refractivity contribution in [3.05, 3.63) is 35.4 Å². The lowest BCUT2D eigenvalue weighted by atomic mass is 10.1. The van der Waals surface area contributed by atoms with Crippen LogP contribution in [0.5, 0.6) is 0 Å². The van der Waals surface area contributed by atoms with Gasteiger partial charge in [0.2, 0.25) is 0 Å². The number of hydrogen-bond acceptors (Lipinski definition) is 3. The molecule has 0 atom stereocenters. The van der Waals surface area contributed by atoms with Crippen LogP contribution >= 0.6 is 0 Å². The molecule has 0 radical (unpaired) electrons. The molecule has 0 spiro atoms. The molecule has 1 aromatic rings. The fourth-order valence-electron chi connectivity index (χ4n) is 1.33. The number of hydrogen-bond donors (Lipinski definition) is 1. The molecule has 0 amide bonds. The maximum atomic E-state index is 12.0. The summed E-state index contributed by atoms with van der Waals surface area (Å²) in [6.07, 6.45) is 0.614. The third kappa shape index (κ3) is 4.60.